The minimum absolute atomic E-state index is 0.166. The van der Waals surface area contributed by atoms with Crippen molar-refractivity contribution in [2.45, 2.75) is 187 Å². The largest absolute Gasteiger partial charge is 0.359 e. The van der Waals surface area contributed by atoms with Gasteiger partial charge in [0.15, 0.2) is 0 Å². The average Bonchev–Trinajstić information content (AvgIpc) is 3.57. The summed E-state index contributed by atoms with van der Waals surface area (Å²) in [6, 6.07) is 0.516. The van der Waals surface area contributed by atoms with Gasteiger partial charge in [-0.05, 0) is 97.7 Å². The van der Waals surface area contributed by atoms with Crippen molar-refractivity contribution in [1.29, 1.82) is 0 Å². The molecule has 8 rings (SSSR count). The summed E-state index contributed by atoms with van der Waals surface area (Å²) < 4.78 is 22.7. The lowest BCUT2D eigenvalue weighted by atomic mass is 9.59. The molecule has 0 aromatic heterocycles. The number of nitrogens with one attached hydrogen (secondary N) is 1. The molecule has 4 aliphatic carbocycles. The Morgan fingerprint density at radius 3 is 1.73 bits per heavy atom. The van der Waals surface area contributed by atoms with Crippen LogP contribution in [-0.2, 0) is 14.2 Å². The zero-order valence-electron chi connectivity index (χ0n) is 29.9. The van der Waals surface area contributed by atoms with E-state index >= 15 is 0 Å². The number of fused-ring (bicyclic) bond motifs is 11. The Hall–Kier alpha value is -0.200. The van der Waals surface area contributed by atoms with Crippen LogP contribution in [0.3, 0.4) is 0 Å². The van der Waals surface area contributed by atoms with Crippen molar-refractivity contribution in [3.63, 3.8) is 0 Å². The van der Waals surface area contributed by atoms with Gasteiger partial charge in [0.05, 0.1) is 25.0 Å². The first-order valence-electron chi connectivity index (χ1n) is 20.3. The number of hydrogen-bond acceptors (Lipinski definition) is 5. The SMILES string of the molecule is CCC(C)(CC)C1CC(C(C)(CC)CC)OC2(O1)C1CC3CCCCC3CC1C1C3C(NCN12)OC1CC2CCCCC2CC13. The lowest BCUT2D eigenvalue weighted by Gasteiger charge is -2.58. The van der Waals surface area contributed by atoms with Crippen molar-refractivity contribution in [2.75, 3.05) is 6.67 Å². The van der Waals surface area contributed by atoms with Gasteiger partial charge in [-0.2, -0.15) is 0 Å². The molecule has 0 bridgehead atoms. The van der Waals surface area contributed by atoms with Crippen molar-refractivity contribution < 1.29 is 14.2 Å². The first-order chi connectivity index (χ1) is 21.8. The van der Waals surface area contributed by atoms with E-state index in [-0.39, 0.29) is 29.3 Å². The number of rotatable bonds is 6. The predicted octanol–water partition coefficient (Wildman–Crippen LogP) is 9.10. The van der Waals surface area contributed by atoms with Crippen LogP contribution in [0.25, 0.3) is 0 Å². The minimum Gasteiger partial charge on any atom is -0.359 e. The Bertz CT molecular complexity index is 1030. The van der Waals surface area contributed by atoms with Crippen molar-refractivity contribution in [2.24, 2.45) is 58.2 Å². The van der Waals surface area contributed by atoms with Gasteiger partial charge in [-0.15, -0.1) is 0 Å². The van der Waals surface area contributed by atoms with Crippen LogP contribution in [0, 0.1) is 58.2 Å². The molecular weight excluding hydrogens is 556 g/mol. The van der Waals surface area contributed by atoms with E-state index in [9.17, 15) is 0 Å². The zero-order valence-corrected chi connectivity index (χ0v) is 29.9. The number of hydrogen-bond donors (Lipinski definition) is 1. The Morgan fingerprint density at radius 2 is 1.18 bits per heavy atom. The molecule has 4 heterocycles. The van der Waals surface area contributed by atoms with Crippen LogP contribution >= 0.6 is 0 Å². The monoisotopic (exact) mass is 625 g/mol. The normalized spacial score (nSPS) is 49.9. The molecule has 13 unspecified atom stereocenters. The fourth-order valence-electron chi connectivity index (χ4n) is 13.1. The van der Waals surface area contributed by atoms with Crippen molar-refractivity contribution in [1.82, 2.24) is 10.2 Å². The van der Waals surface area contributed by atoms with Crippen molar-refractivity contribution in [3.8, 4) is 0 Å². The summed E-state index contributed by atoms with van der Waals surface area (Å²) >= 11 is 0. The summed E-state index contributed by atoms with van der Waals surface area (Å²) in [6.45, 7) is 15.5. The molecule has 45 heavy (non-hydrogen) atoms. The lowest BCUT2D eigenvalue weighted by molar-refractivity contribution is -0.418. The van der Waals surface area contributed by atoms with Crippen LogP contribution in [0.4, 0.5) is 0 Å². The molecule has 0 aromatic rings. The third kappa shape index (κ3) is 4.91. The Labute approximate surface area is 276 Å². The number of nitrogens with zero attached hydrogens (tertiary/aromatic N) is 1. The second kappa shape index (κ2) is 12.0. The summed E-state index contributed by atoms with van der Waals surface area (Å²) in [5.41, 5.74) is 0.333. The van der Waals surface area contributed by atoms with E-state index in [0.717, 1.165) is 62.4 Å². The van der Waals surface area contributed by atoms with Crippen LogP contribution in [0.1, 0.15) is 151 Å². The smallest absolute Gasteiger partial charge is 0.235 e. The van der Waals surface area contributed by atoms with Crippen LogP contribution in [0.2, 0.25) is 0 Å². The van der Waals surface area contributed by atoms with E-state index in [1.54, 1.807) is 0 Å². The van der Waals surface area contributed by atoms with Gasteiger partial charge in [-0.25, -0.2) is 4.90 Å². The molecular formula is C40H68N2O3. The highest BCUT2D eigenvalue weighted by Gasteiger charge is 2.72. The topological polar surface area (TPSA) is 43.0 Å². The molecule has 8 fully saturated rings. The van der Waals surface area contributed by atoms with Gasteiger partial charge < -0.3 is 14.2 Å². The summed E-state index contributed by atoms with van der Waals surface area (Å²) in [5.74, 6) is 5.37. The highest BCUT2D eigenvalue weighted by atomic mass is 16.7. The maximum atomic E-state index is 7.81. The van der Waals surface area contributed by atoms with Crippen molar-refractivity contribution >= 4 is 0 Å². The van der Waals surface area contributed by atoms with E-state index in [0.29, 0.717) is 35.8 Å². The van der Waals surface area contributed by atoms with E-state index in [1.807, 2.05) is 0 Å². The molecule has 5 heteroatoms. The summed E-state index contributed by atoms with van der Waals surface area (Å²) in [5, 5.41) is 4.04. The molecule has 0 radical (unpaired) electrons. The molecule has 5 nitrogen and oxygen atoms in total. The molecule has 13 atom stereocenters. The van der Waals surface area contributed by atoms with Gasteiger partial charge in [0.1, 0.15) is 6.23 Å². The van der Waals surface area contributed by atoms with Gasteiger partial charge in [0.2, 0.25) is 5.91 Å². The molecule has 4 saturated carbocycles. The predicted molar refractivity (Wildman–Crippen MR) is 180 cm³/mol. The van der Waals surface area contributed by atoms with E-state index in [1.165, 1.54) is 77.0 Å². The zero-order chi connectivity index (χ0) is 31.1. The van der Waals surface area contributed by atoms with Gasteiger partial charge in [0, 0.05) is 24.3 Å². The molecule has 0 aromatic carbocycles. The van der Waals surface area contributed by atoms with E-state index < -0.39 is 5.91 Å². The Kier molecular flexibility index (Phi) is 8.54. The van der Waals surface area contributed by atoms with Gasteiger partial charge >= 0.3 is 0 Å². The molecule has 4 saturated heterocycles. The molecule has 256 valence electrons. The number of ether oxygens (including phenoxy) is 3. The molecule has 8 aliphatic rings. The highest BCUT2D eigenvalue weighted by molar-refractivity contribution is 5.15. The van der Waals surface area contributed by atoms with E-state index in [4.69, 9.17) is 14.2 Å². The lowest BCUT2D eigenvalue weighted by Crippen LogP contribution is -2.69. The fraction of sp³-hybridized carbons (Fsp3) is 1.00. The van der Waals surface area contributed by atoms with Gasteiger partial charge in [-0.1, -0.05) is 92.9 Å². The average molecular weight is 625 g/mol. The summed E-state index contributed by atoms with van der Waals surface area (Å²) in [4.78, 5) is 2.84. The highest BCUT2D eigenvalue weighted by Crippen LogP contribution is 2.65. The summed E-state index contributed by atoms with van der Waals surface area (Å²) in [7, 11) is 0. The second-order valence-corrected chi connectivity index (χ2v) is 18.3. The Balaban J connectivity index is 1.21. The van der Waals surface area contributed by atoms with Crippen LogP contribution in [0.5, 0.6) is 0 Å². The maximum Gasteiger partial charge on any atom is 0.235 e. The molecule has 4 aliphatic heterocycles. The first-order valence-corrected chi connectivity index (χ1v) is 20.3. The standard InChI is InChI=1S/C40H68N2O3/c1-7-38(5,8-2)33-23-34(39(6,9-3)10-4)45-40(44-33)31-21-27-17-13-11-15-25(27)19-29(31)36-35-30-20-26-16-12-14-18-28(26)22-32(30)43-37(35)41-24-42(36)40/h25-37,41H,7-24H2,1-6H3. The van der Waals surface area contributed by atoms with Crippen LogP contribution < -0.4 is 5.32 Å². The van der Waals surface area contributed by atoms with Gasteiger partial charge in [0.25, 0.3) is 0 Å². The van der Waals surface area contributed by atoms with Gasteiger partial charge in [-0.3, -0.25) is 5.32 Å². The summed E-state index contributed by atoms with van der Waals surface area (Å²) in [6.07, 6.45) is 23.8. The first kappa shape index (κ1) is 32.0. The third-order valence-electron chi connectivity index (χ3n) is 16.9. The Morgan fingerprint density at radius 1 is 0.667 bits per heavy atom. The maximum absolute atomic E-state index is 7.81. The molecule has 0 amide bonds. The molecule has 1 spiro atoms. The van der Waals surface area contributed by atoms with E-state index in [2.05, 4.69) is 51.8 Å². The molecule has 1 N–H and O–H groups in total. The van der Waals surface area contributed by atoms with Crippen LogP contribution in [0.15, 0.2) is 0 Å². The quantitative estimate of drug-likeness (QED) is 0.319. The van der Waals surface area contributed by atoms with Crippen molar-refractivity contribution in [3.05, 3.63) is 0 Å². The second-order valence-electron chi connectivity index (χ2n) is 18.3. The van der Waals surface area contributed by atoms with Crippen LogP contribution in [-0.4, -0.2) is 48.1 Å². The fourth-order valence-corrected chi connectivity index (χ4v) is 13.1. The third-order valence-corrected chi connectivity index (χ3v) is 16.9. The minimum atomic E-state index is -0.610.